The van der Waals surface area contributed by atoms with Gasteiger partial charge in [0.25, 0.3) is 0 Å². The van der Waals surface area contributed by atoms with Gasteiger partial charge in [0.05, 0.1) is 4.58 Å². The highest BCUT2D eigenvalue weighted by molar-refractivity contribution is 8.17. The zero-order valence-electron chi connectivity index (χ0n) is 13.7. The predicted molar refractivity (Wildman–Crippen MR) is 110 cm³/mol. The van der Waals surface area contributed by atoms with E-state index in [9.17, 15) is 4.57 Å². The third-order valence-corrected chi connectivity index (χ3v) is 12.2. The molecule has 2 aromatic rings. The molecule has 0 spiro atoms. The molecule has 24 heavy (non-hydrogen) atoms. The highest BCUT2D eigenvalue weighted by Gasteiger charge is 2.49. The fourth-order valence-corrected chi connectivity index (χ4v) is 11.1. The maximum absolute atomic E-state index is 14.4. The van der Waals surface area contributed by atoms with E-state index in [0.29, 0.717) is 16.2 Å². The summed E-state index contributed by atoms with van der Waals surface area (Å²) in [4.78, 5) is 0. The van der Waals surface area contributed by atoms with Gasteiger partial charge in [0, 0.05) is 16.3 Å². The Morgan fingerprint density at radius 2 is 1.33 bits per heavy atom. The Morgan fingerprint density at radius 3 is 1.79 bits per heavy atom. The van der Waals surface area contributed by atoms with Crippen LogP contribution >= 0.6 is 30.7 Å². The molecule has 2 aromatic carbocycles. The molecule has 1 heterocycles. The molecule has 4 heteroatoms. The molecular weight excluding hydrogens is 351 g/mol. The quantitative estimate of drug-likeness (QED) is 0.703. The van der Waals surface area contributed by atoms with Crippen molar-refractivity contribution in [2.75, 3.05) is 11.5 Å². The van der Waals surface area contributed by atoms with E-state index in [-0.39, 0.29) is 0 Å². The van der Waals surface area contributed by atoms with Gasteiger partial charge in [-0.2, -0.15) is 0 Å². The summed E-state index contributed by atoms with van der Waals surface area (Å²) in [7, 11) is -2.58. The summed E-state index contributed by atoms with van der Waals surface area (Å²) in [5.41, 5.74) is 0.311. The molecule has 2 atom stereocenters. The summed E-state index contributed by atoms with van der Waals surface area (Å²) in [6.07, 6.45) is 3.65. The minimum atomic E-state index is -2.58. The van der Waals surface area contributed by atoms with Gasteiger partial charge >= 0.3 is 0 Å². The topological polar surface area (TPSA) is 17.1 Å². The van der Waals surface area contributed by atoms with Crippen molar-refractivity contribution in [3.8, 4) is 0 Å². The van der Waals surface area contributed by atoms with Gasteiger partial charge in [-0.15, -0.1) is 23.5 Å². The monoisotopic (exact) mass is 374 g/mol. The molecule has 0 amide bonds. The van der Waals surface area contributed by atoms with Crippen molar-refractivity contribution in [2.24, 2.45) is 5.92 Å². The Hall–Kier alpha value is -0.630. The molecule has 0 N–H and O–H groups in total. The van der Waals surface area contributed by atoms with E-state index in [2.05, 4.69) is 47.8 Å². The van der Waals surface area contributed by atoms with Gasteiger partial charge in [0.15, 0.2) is 0 Å². The van der Waals surface area contributed by atoms with Crippen LogP contribution in [0.1, 0.15) is 19.3 Å². The van der Waals surface area contributed by atoms with Gasteiger partial charge in [-0.05, 0) is 36.7 Å². The molecule has 1 aliphatic carbocycles. The molecule has 0 radical (unpaired) electrons. The summed E-state index contributed by atoms with van der Waals surface area (Å²) >= 11 is 4.20. The van der Waals surface area contributed by atoms with Crippen molar-refractivity contribution in [3.05, 3.63) is 60.7 Å². The van der Waals surface area contributed by atoms with Crippen molar-refractivity contribution in [2.45, 2.75) is 29.5 Å². The Kier molecular flexibility index (Phi) is 5.13. The van der Waals surface area contributed by atoms with Crippen LogP contribution in [0.5, 0.6) is 0 Å². The molecular formula is C20H23OPS2. The zero-order valence-corrected chi connectivity index (χ0v) is 16.2. The molecule has 1 aliphatic heterocycles. The van der Waals surface area contributed by atoms with Crippen LogP contribution in [0.3, 0.4) is 0 Å². The first-order valence-electron chi connectivity index (χ1n) is 8.74. The molecule has 126 valence electrons. The minimum Gasteiger partial charge on any atom is -0.313 e. The number of thioether (sulfide) groups is 2. The highest BCUT2D eigenvalue weighted by Crippen LogP contribution is 2.61. The molecule has 4 rings (SSSR count). The summed E-state index contributed by atoms with van der Waals surface area (Å²) in [6, 6.07) is 20.5. The molecule has 2 fully saturated rings. The van der Waals surface area contributed by atoms with Gasteiger partial charge < -0.3 is 4.57 Å². The van der Waals surface area contributed by atoms with Crippen molar-refractivity contribution in [1.82, 2.24) is 0 Å². The summed E-state index contributed by atoms with van der Waals surface area (Å²) < 4.78 is 15.1. The van der Waals surface area contributed by atoms with E-state index in [1.807, 2.05) is 36.4 Å². The third kappa shape index (κ3) is 3.00. The average Bonchev–Trinajstić information content (AvgIpc) is 2.63. The van der Waals surface area contributed by atoms with Crippen LogP contribution in [-0.4, -0.2) is 21.7 Å². The fourth-order valence-electron chi connectivity index (χ4n) is 3.86. The fraction of sp³-hybridized carbons (Fsp3) is 0.400. The Bertz CT molecular complexity index is 669. The summed E-state index contributed by atoms with van der Waals surface area (Å²) in [6.45, 7) is 0. The second kappa shape index (κ2) is 7.32. The molecule has 0 unspecified atom stereocenters. The number of hydrogen-bond donors (Lipinski definition) is 0. The molecule has 0 aromatic heterocycles. The number of hydrogen-bond acceptors (Lipinski definition) is 3. The normalized spacial score (nSPS) is 25.2. The largest absolute Gasteiger partial charge is 0.313 e. The Balaban J connectivity index is 1.72. The maximum Gasteiger partial charge on any atom is 0.146 e. The first-order valence-corrected chi connectivity index (χ1v) is 12.6. The van der Waals surface area contributed by atoms with Crippen molar-refractivity contribution in [3.63, 3.8) is 0 Å². The van der Waals surface area contributed by atoms with Gasteiger partial charge in [-0.3, -0.25) is 0 Å². The summed E-state index contributed by atoms with van der Waals surface area (Å²) in [5.74, 6) is 3.12. The van der Waals surface area contributed by atoms with Gasteiger partial charge in [0.2, 0.25) is 0 Å². The van der Waals surface area contributed by atoms with Gasteiger partial charge in [-0.1, -0.05) is 60.7 Å². The zero-order chi connectivity index (χ0) is 16.4. The second-order valence-corrected chi connectivity index (χ2v) is 12.4. The van der Waals surface area contributed by atoms with Crippen molar-refractivity contribution < 1.29 is 4.57 Å². The summed E-state index contributed by atoms with van der Waals surface area (Å²) in [5, 5.41) is 2.08. The lowest BCUT2D eigenvalue weighted by molar-refractivity contribution is 0.342. The number of benzene rings is 2. The van der Waals surface area contributed by atoms with Crippen molar-refractivity contribution >= 4 is 41.3 Å². The van der Waals surface area contributed by atoms with Gasteiger partial charge in [0.1, 0.15) is 7.14 Å². The predicted octanol–water partition coefficient (Wildman–Crippen LogP) is 4.98. The first kappa shape index (κ1) is 16.8. The molecule has 1 saturated heterocycles. The van der Waals surface area contributed by atoms with Crippen LogP contribution < -0.4 is 10.6 Å². The lowest BCUT2D eigenvalue weighted by Gasteiger charge is -2.46. The smallest absolute Gasteiger partial charge is 0.146 e. The van der Waals surface area contributed by atoms with E-state index in [4.69, 9.17) is 0 Å². The van der Waals surface area contributed by atoms with Crippen LogP contribution in [0.25, 0.3) is 0 Å². The molecule has 1 saturated carbocycles. The van der Waals surface area contributed by atoms with E-state index in [1.54, 1.807) is 0 Å². The van der Waals surface area contributed by atoms with Gasteiger partial charge in [-0.25, -0.2) is 0 Å². The lowest BCUT2D eigenvalue weighted by Crippen LogP contribution is -2.43. The van der Waals surface area contributed by atoms with Crippen LogP contribution in [0.4, 0.5) is 0 Å². The van der Waals surface area contributed by atoms with E-state index < -0.39 is 7.14 Å². The lowest BCUT2D eigenvalue weighted by atomic mass is 9.86. The van der Waals surface area contributed by atoms with Crippen molar-refractivity contribution in [1.29, 1.82) is 0 Å². The standard InChI is InChI=1S/C20H23OPS2/c21-22(16-8-3-1-4-9-16,17-10-5-2-6-11-17)19-13-12-18(19)20-23-14-7-15-24-20/h1-6,8-11,18-20H,7,12-15H2/t18-,19-/m1/s1. The highest BCUT2D eigenvalue weighted by atomic mass is 32.2. The first-order chi connectivity index (χ1) is 11.8. The van der Waals surface area contributed by atoms with Crippen LogP contribution in [0.2, 0.25) is 0 Å². The molecule has 1 nitrogen and oxygen atoms in total. The second-order valence-electron chi connectivity index (χ2n) is 6.60. The van der Waals surface area contributed by atoms with Crippen LogP contribution in [-0.2, 0) is 4.57 Å². The van der Waals surface area contributed by atoms with E-state index >= 15 is 0 Å². The maximum atomic E-state index is 14.4. The third-order valence-electron chi connectivity index (χ3n) is 5.24. The van der Waals surface area contributed by atoms with E-state index in [0.717, 1.165) is 17.0 Å². The average molecular weight is 375 g/mol. The minimum absolute atomic E-state index is 0.311. The van der Waals surface area contributed by atoms with Crippen LogP contribution in [0.15, 0.2) is 60.7 Å². The number of rotatable bonds is 4. The Labute approximate surface area is 153 Å². The molecule has 2 aliphatic rings. The Morgan fingerprint density at radius 1 is 0.792 bits per heavy atom. The SMILES string of the molecule is O=P(c1ccccc1)(c1ccccc1)[C@@H]1CC[C@H]1C1SCCCS1. The van der Waals surface area contributed by atoms with Crippen LogP contribution in [0, 0.1) is 5.92 Å². The van der Waals surface area contributed by atoms with E-state index in [1.165, 1.54) is 24.3 Å². The molecule has 0 bridgehead atoms.